The predicted molar refractivity (Wildman–Crippen MR) is 167 cm³/mol. The minimum atomic E-state index is -0.263. The molecule has 1 aliphatic carbocycles. The van der Waals surface area contributed by atoms with E-state index in [2.05, 4.69) is 5.32 Å². The van der Waals surface area contributed by atoms with Crippen molar-refractivity contribution < 1.29 is 38.4 Å². The van der Waals surface area contributed by atoms with Crippen LogP contribution in [0.5, 0.6) is 28.7 Å². The maximum Gasteiger partial charge on any atom is 0.293 e. The molecular formula is C35H39NO8. The summed E-state index contributed by atoms with van der Waals surface area (Å²) in [7, 11) is 2.99. The second kappa shape index (κ2) is 15.5. The molecule has 0 saturated heterocycles. The molecular weight excluding hydrogens is 562 g/mol. The molecule has 4 aromatic carbocycles. The van der Waals surface area contributed by atoms with E-state index < -0.39 is 0 Å². The summed E-state index contributed by atoms with van der Waals surface area (Å²) < 4.78 is 25.9. The Labute approximate surface area is 257 Å². The number of para-hydroxylation sites is 1. The van der Waals surface area contributed by atoms with Crippen molar-refractivity contribution in [3.05, 3.63) is 89.5 Å². The first kappa shape index (κ1) is 32.0. The van der Waals surface area contributed by atoms with Gasteiger partial charge in [0.2, 0.25) is 18.4 Å². The zero-order valence-electron chi connectivity index (χ0n) is 25.5. The summed E-state index contributed by atoms with van der Waals surface area (Å²) in [5.41, 5.74) is 3.11. The molecule has 0 aromatic heterocycles. The van der Waals surface area contributed by atoms with Gasteiger partial charge < -0.3 is 34.1 Å². The number of carbonyl (C=O) groups excluding carboxylic acids is 2. The van der Waals surface area contributed by atoms with Gasteiger partial charge in [-0.1, -0.05) is 62.4 Å². The summed E-state index contributed by atoms with van der Waals surface area (Å²) in [6, 6.07) is 22.8. The lowest BCUT2D eigenvalue weighted by molar-refractivity contribution is -0.130. The van der Waals surface area contributed by atoms with Crippen molar-refractivity contribution in [2.24, 2.45) is 5.92 Å². The van der Waals surface area contributed by atoms with E-state index in [1.54, 1.807) is 18.2 Å². The van der Waals surface area contributed by atoms with Crippen LogP contribution in [0.15, 0.2) is 72.8 Å². The number of aromatic hydroxyl groups is 1. The van der Waals surface area contributed by atoms with E-state index in [4.69, 9.17) is 23.7 Å². The van der Waals surface area contributed by atoms with Gasteiger partial charge in [-0.25, -0.2) is 0 Å². The molecule has 0 fully saturated rings. The van der Waals surface area contributed by atoms with Crippen LogP contribution in [0.4, 0.5) is 0 Å². The van der Waals surface area contributed by atoms with Gasteiger partial charge in [0.15, 0.2) is 23.0 Å². The van der Waals surface area contributed by atoms with Crippen molar-refractivity contribution >= 4 is 23.2 Å². The molecule has 6 rings (SSSR count). The number of carbonyl (C=O) groups is 2. The minimum Gasteiger partial charge on any atom is -0.502 e. The molecule has 4 aromatic rings. The van der Waals surface area contributed by atoms with Crippen molar-refractivity contribution in [3.63, 3.8) is 0 Å². The summed E-state index contributed by atoms with van der Waals surface area (Å²) >= 11 is 0. The molecule has 2 aliphatic rings. The Morgan fingerprint density at radius 2 is 1.61 bits per heavy atom. The second-order valence-electron chi connectivity index (χ2n) is 10.0. The number of phenols is 1. The van der Waals surface area contributed by atoms with Crippen LogP contribution in [0, 0.1) is 5.92 Å². The Morgan fingerprint density at radius 1 is 0.955 bits per heavy atom. The molecule has 44 heavy (non-hydrogen) atoms. The first-order valence-electron chi connectivity index (χ1n) is 14.7. The summed E-state index contributed by atoms with van der Waals surface area (Å²) in [5, 5.41) is 14.7. The molecule has 232 valence electrons. The van der Waals surface area contributed by atoms with Crippen LogP contribution in [0.1, 0.15) is 43.0 Å². The highest BCUT2D eigenvalue weighted by molar-refractivity contribution is 5.90. The Kier molecular flexibility index (Phi) is 11.3. The fraction of sp³-hybridized carbons (Fsp3) is 0.314. The van der Waals surface area contributed by atoms with Gasteiger partial charge in [-0.2, -0.15) is 0 Å². The summed E-state index contributed by atoms with van der Waals surface area (Å²) in [6.45, 7) is 4.93. The number of fused-ring (bicyclic) bond motifs is 3. The van der Waals surface area contributed by atoms with Crippen molar-refractivity contribution in [1.29, 1.82) is 0 Å². The first-order chi connectivity index (χ1) is 21.5. The van der Waals surface area contributed by atoms with E-state index >= 15 is 0 Å². The Balaban J connectivity index is 0.000000287. The van der Waals surface area contributed by atoms with Crippen LogP contribution in [0.25, 0.3) is 10.8 Å². The number of amides is 1. The second-order valence-corrected chi connectivity index (χ2v) is 10.0. The molecule has 2 atom stereocenters. The monoisotopic (exact) mass is 601 g/mol. The summed E-state index contributed by atoms with van der Waals surface area (Å²) in [6.07, 6.45) is 1.91. The molecule has 1 amide bonds. The third-order valence-corrected chi connectivity index (χ3v) is 7.55. The lowest BCUT2D eigenvalue weighted by Gasteiger charge is -2.34. The van der Waals surface area contributed by atoms with Crippen molar-refractivity contribution in [2.45, 2.75) is 39.2 Å². The Hall–Kier alpha value is -4.92. The Morgan fingerprint density at radius 3 is 2.32 bits per heavy atom. The molecule has 2 unspecified atom stereocenters. The van der Waals surface area contributed by atoms with Crippen LogP contribution >= 0.6 is 0 Å². The molecule has 1 aliphatic heterocycles. The minimum absolute atomic E-state index is 0.00506. The smallest absolute Gasteiger partial charge is 0.293 e. The third-order valence-electron chi connectivity index (χ3n) is 7.55. The van der Waals surface area contributed by atoms with Gasteiger partial charge in [0.1, 0.15) is 0 Å². The first-order valence-corrected chi connectivity index (χ1v) is 14.7. The zero-order chi connectivity index (χ0) is 31.5. The van der Waals surface area contributed by atoms with Crippen LogP contribution in [0.3, 0.4) is 0 Å². The highest BCUT2D eigenvalue weighted by atomic mass is 16.7. The van der Waals surface area contributed by atoms with Gasteiger partial charge in [0.05, 0.1) is 33.3 Å². The van der Waals surface area contributed by atoms with Crippen LogP contribution < -0.4 is 24.3 Å². The van der Waals surface area contributed by atoms with Gasteiger partial charge in [-0.3, -0.25) is 9.59 Å². The largest absolute Gasteiger partial charge is 0.502 e. The average molecular weight is 602 g/mol. The topological polar surface area (TPSA) is 113 Å². The number of hydrogen-bond acceptors (Lipinski definition) is 8. The molecule has 0 bridgehead atoms. The molecule has 1 heterocycles. The zero-order valence-corrected chi connectivity index (χ0v) is 25.5. The van der Waals surface area contributed by atoms with Gasteiger partial charge in [0, 0.05) is 5.92 Å². The highest BCUT2D eigenvalue weighted by Gasteiger charge is 2.33. The van der Waals surface area contributed by atoms with Crippen molar-refractivity contribution in [1.82, 2.24) is 5.32 Å². The molecule has 9 heteroatoms. The lowest BCUT2D eigenvalue weighted by Crippen LogP contribution is -2.39. The van der Waals surface area contributed by atoms with E-state index in [1.807, 2.05) is 68.4 Å². The number of nitrogens with one attached hydrogen (secondary N) is 1. The average Bonchev–Trinajstić information content (AvgIpc) is 3.52. The van der Waals surface area contributed by atoms with E-state index in [0.717, 1.165) is 46.1 Å². The number of rotatable bonds is 8. The fourth-order valence-electron chi connectivity index (χ4n) is 5.48. The lowest BCUT2D eigenvalue weighted by atomic mass is 9.79. The van der Waals surface area contributed by atoms with E-state index in [0.29, 0.717) is 23.7 Å². The molecule has 2 N–H and O–H groups in total. The molecule has 9 nitrogen and oxygen atoms in total. The van der Waals surface area contributed by atoms with Crippen LogP contribution in [-0.2, 0) is 27.2 Å². The summed E-state index contributed by atoms with van der Waals surface area (Å²) in [4.78, 5) is 23.9. The van der Waals surface area contributed by atoms with Gasteiger partial charge in [-0.15, -0.1) is 0 Å². The van der Waals surface area contributed by atoms with Gasteiger partial charge in [-0.05, 0) is 64.6 Å². The van der Waals surface area contributed by atoms with Crippen molar-refractivity contribution in [2.75, 3.05) is 27.6 Å². The maximum absolute atomic E-state index is 13.1. The standard InChI is InChI=1S/C25H23NO5.C8H10O3.C2H6/c27-14-29-13-19-9-8-18-10-22-23(31-15-30-22)12-21(18)25(19)26-24(28)11-17-6-3-5-16-4-1-2-7-20(16)17;1-10-6-4-3-5-7(11-2)8(6)9;1-2/h1-7,10,12,14,19,25H,8-9,11,13,15H2,(H,26,28);3-5,9H,1-2H3;1-2H3. The quantitative estimate of drug-likeness (QED) is 0.232. The fourth-order valence-corrected chi connectivity index (χ4v) is 5.48. The number of methoxy groups -OCH3 is 2. The SMILES string of the molecule is CC.COc1cccc(OC)c1O.O=COCC1CCc2cc3c(cc2C1NC(=O)Cc1cccc2ccccc12)OCO3. The number of aryl methyl sites for hydroxylation is 1. The number of benzene rings is 4. The van der Waals surface area contributed by atoms with E-state index in [9.17, 15) is 14.7 Å². The van der Waals surface area contributed by atoms with Gasteiger partial charge in [0.25, 0.3) is 6.47 Å². The van der Waals surface area contributed by atoms with E-state index in [-0.39, 0.29) is 43.4 Å². The van der Waals surface area contributed by atoms with E-state index in [1.165, 1.54) is 14.2 Å². The normalized spacial score (nSPS) is 15.8. The Bertz CT molecular complexity index is 1540. The highest BCUT2D eigenvalue weighted by Crippen LogP contribution is 2.42. The van der Waals surface area contributed by atoms with Crippen molar-refractivity contribution in [3.8, 4) is 28.7 Å². The maximum atomic E-state index is 13.1. The van der Waals surface area contributed by atoms with Crippen LogP contribution in [-0.4, -0.2) is 45.1 Å². The van der Waals surface area contributed by atoms with Gasteiger partial charge >= 0.3 is 0 Å². The summed E-state index contributed by atoms with van der Waals surface area (Å²) in [5.74, 6) is 2.23. The number of ether oxygens (including phenoxy) is 5. The molecule has 0 radical (unpaired) electrons. The number of hydrogen-bond donors (Lipinski definition) is 2. The van der Waals surface area contributed by atoms with Crippen LogP contribution in [0.2, 0.25) is 0 Å². The predicted octanol–water partition coefficient (Wildman–Crippen LogP) is 6.14. The third kappa shape index (κ3) is 7.34. The number of phenolic OH excluding ortho intramolecular Hbond substituents is 1. The molecule has 0 saturated carbocycles. The molecule has 0 spiro atoms.